The standard InChI is InChI=1S/C17H29NO/c1-13(2)12-19-8-6-7-18-16(5)17-10-14(3)9-15(4)11-17/h9-11,13,16,18H,6-8,12H2,1-5H3. The average Bonchev–Trinajstić information content (AvgIpc) is 2.31. The van der Waals surface area contributed by atoms with Crippen LogP contribution in [-0.4, -0.2) is 19.8 Å². The van der Waals surface area contributed by atoms with E-state index < -0.39 is 0 Å². The topological polar surface area (TPSA) is 21.3 Å². The molecule has 0 heterocycles. The fraction of sp³-hybridized carbons (Fsp3) is 0.647. The highest BCUT2D eigenvalue weighted by atomic mass is 16.5. The highest BCUT2D eigenvalue weighted by Gasteiger charge is 2.05. The van der Waals surface area contributed by atoms with E-state index >= 15 is 0 Å². The summed E-state index contributed by atoms with van der Waals surface area (Å²) in [6.07, 6.45) is 1.07. The smallest absolute Gasteiger partial charge is 0.0489 e. The Morgan fingerprint density at radius 3 is 2.26 bits per heavy atom. The lowest BCUT2D eigenvalue weighted by atomic mass is 10.0. The minimum Gasteiger partial charge on any atom is -0.381 e. The predicted molar refractivity (Wildman–Crippen MR) is 82.6 cm³/mol. The van der Waals surface area contributed by atoms with Crippen molar-refractivity contribution in [3.05, 3.63) is 34.9 Å². The Balaban J connectivity index is 2.25. The molecule has 108 valence electrons. The zero-order chi connectivity index (χ0) is 14.3. The summed E-state index contributed by atoms with van der Waals surface area (Å²) >= 11 is 0. The number of nitrogens with one attached hydrogen (secondary N) is 1. The number of benzene rings is 1. The fourth-order valence-electron chi connectivity index (χ4n) is 2.19. The fourth-order valence-corrected chi connectivity index (χ4v) is 2.19. The van der Waals surface area contributed by atoms with Crippen molar-refractivity contribution in [2.75, 3.05) is 19.8 Å². The molecule has 0 radical (unpaired) electrons. The van der Waals surface area contributed by atoms with Crippen molar-refractivity contribution in [2.45, 2.75) is 47.1 Å². The van der Waals surface area contributed by atoms with Gasteiger partial charge in [-0.05, 0) is 45.2 Å². The van der Waals surface area contributed by atoms with Crippen LogP contribution in [0.3, 0.4) is 0 Å². The third-order valence-electron chi connectivity index (χ3n) is 3.11. The first kappa shape index (κ1) is 16.2. The van der Waals surface area contributed by atoms with Crippen LogP contribution in [0.5, 0.6) is 0 Å². The van der Waals surface area contributed by atoms with Gasteiger partial charge >= 0.3 is 0 Å². The lowest BCUT2D eigenvalue weighted by Gasteiger charge is -2.16. The minimum atomic E-state index is 0.406. The first-order chi connectivity index (χ1) is 8.99. The molecule has 0 aromatic heterocycles. The summed E-state index contributed by atoms with van der Waals surface area (Å²) in [4.78, 5) is 0. The summed E-state index contributed by atoms with van der Waals surface area (Å²) in [5.74, 6) is 0.627. The van der Waals surface area contributed by atoms with E-state index in [1.807, 2.05) is 0 Å². The van der Waals surface area contributed by atoms with Gasteiger partial charge in [-0.1, -0.05) is 43.2 Å². The van der Waals surface area contributed by atoms with Crippen LogP contribution in [0.25, 0.3) is 0 Å². The van der Waals surface area contributed by atoms with Crippen LogP contribution in [0.4, 0.5) is 0 Å². The number of rotatable bonds is 8. The Bertz CT molecular complexity index is 353. The number of ether oxygens (including phenoxy) is 1. The van der Waals surface area contributed by atoms with Gasteiger partial charge in [0.25, 0.3) is 0 Å². The van der Waals surface area contributed by atoms with Crippen LogP contribution in [0.2, 0.25) is 0 Å². The minimum absolute atomic E-state index is 0.406. The molecule has 1 N–H and O–H groups in total. The van der Waals surface area contributed by atoms with Crippen molar-refractivity contribution in [3.8, 4) is 0 Å². The van der Waals surface area contributed by atoms with E-state index in [9.17, 15) is 0 Å². The first-order valence-electron chi connectivity index (χ1n) is 7.38. The Hall–Kier alpha value is -0.860. The van der Waals surface area contributed by atoms with Gasteiger partial charge in [0, 0.05) is 19.3 Å². The van der Waals surface area contributed by atoms with Gasteiger partial charge in [-0.25, -0.2) is 0 Å². The summed E-state index contributed by atoms with van der Waals surface area (Å²) < 4.78 is 5.58. The lowest BCUT2D eigenvalue weighted by Crippen LogP contribution is -2.21. The molecule has 2 nitrogen and oxygen atoms in total. The van der Waals surface area contributed by atoms with Crippen molar-refractivity contribution in [3.63, 3.8) is 0 Å². The summed E-state index contributed by atoms with van der Waals surface area (Å²) in [6.45, 7) is 13.6. The Kier molecular flexibility index (Phi) is 7.11. The second kappa shape index (κ2) is 8.34. The maximum atomic E-state index is 5.58. The van der Waals surface area contributed by atoms with Crippen LogP contribution in [0, 0.1) is 19.8 Å². The molecular formula is C17H29NO. The van der Waals surface area contributed by atoms with E-state index in [0.29, 0.717) is 12.0 Å². The third-order valence-corrected chi connectivity index (χ3v) is 3.11. The summed E-state index contributed by atoms with van der Waals surface area (Å²) in [5, 5.41) is 3.56. The SMILES string of the molecule is Cc1cc(C)cc(C(C)NCCCOCC(C)C)c1. The van der Waals surface area contributed by atoms with Gasteiger partial charge in [-0.3, -0.25) is 0 Å². The van der Waals surface area contributed by atoms with Gasteiger partial charge in [0.1, 0.15) is 0 Å². The first-order valence-corrected chi connectivity index (χ1v) is 7.38. The summed E-state index contributed by atoms with van der Waals surface area (Å²) in [7, 11) is 0. The summed E-state index contributed by atoms with van der Waals surface area (Å²) in [6, 6.07) is 7.15. The zero-order valence-corrected chi connectivity index (χ0v) is 13.1. The van der Waals surface area contributed by atoms with Crippen molar-refractivity contribution < 1.29 is 4.74 Å². The highest BCUT2D eigenvalue weighted by molar-refractivity contribution is 5.30. The molecule has 0 saturated heterocycles. The largest absolute Gasteiger partial charge is 0.381 e. The second-order valence-corrected chi connectivity index (χ2v) is 5.92. The van der Waals surface area contributed by atoms with Crippen molar-refractivity contribution in [2.24, 2.45) is 5.92 Å². The van der Waals surface area contributed by atoms with E-state index in [1.54, 1.807) is 0 Å². The van der Waals surface area contributed by atoms with E-state index in [2.05, 4.69) is 58.1 Å². The van der Waals surface area contributed by atoms with E-state index in [1.165, 1.54) is 16.7 Å². The summed E-state index contributed by atoms with van der Waals surface area (Å²) in [5.41, 5.74) is 4.05. The van der Waals surface area contributed by atoms with Gasteiger partial charge in [0.15, 0.2) is 0 Å². The molecule has 1 aromatic rings. The van der Waals surface area contributed by atoms with E-state index in [0.717, 1.165) is 26.2 Å². The highest BCUT2D eigenvalue weighted by Crippen LogP contribution is 2.16. The molecule has 1 atom stereocenters. The second-order valence-electron chi connectivity index (χ2n) is 5.92. The molecule has 19 heavy (non-hydrogen) atoms. The molecule has 0 saturated carbocycles. The number of hydrogen-bond acceptors (Lipinski definition) is 2. The molecule has 1 rings (SSSR count). The molecule has 0 fully saturated rings. The molecule has 0 bridgehead atoms. The van der Waals surface area contributed by atoms with Crippen molar-refractivity contribution in [1.29, 1.82) is 0 Å². The molecule has 2 heteroatoms. The van der Waals surface area contributed by atoms with Crippen LogP contribution in [0.1, 0.15) is 49.9 Å². The van der Waals surface area contributed by atoms with Gasteiger partial charge < -0.3 is 10.1 Å². The number of aryl methyl sites for hydroxylation is 2. The molecular weight excluding hydrogens is 234 g/mol. The molecule has 0 aliphatic heterocycles. The molecule has 0 amide bonds. The van der Waals surface area contributed by atoms with Gasteiger partial charge in [-0.15, -0.1) is 0 Å². The van der Waals surface area contributed by atoms with E-state index in [4.69, 9.17) is 4.74 Å². The Morgan fingerprint density at radius 2 is 1.68 bits per heavy atom. The van der Waals surface area contributed by atoms with Crippen LogP contribution in [0.15, 0.2) is 18.2 Å². The van der Waals surface area contributed by atoms with Gasteiger partial charge in [0.2, 0.25) is 0 Å². The zero-order valence-electron chi connectivity index (χ0n) is 13.1. The predicted octanol–water partition coefficient (Wildman–Crippen LogP) is 4.02. The average molecular weight is 263 g/mol. The van der Waals surface area contributed by atoms with Crippen molar-refractivity contribution in [1.82, 2.24) is 5.32 Å². The molecule has 0 spiro atoms. The van der Waals surface area contributed by atoms with Crippen molar-refractivity contribution >= 4 is 0 Å². The normalized spacial score (nSPS) is 12.9. The monoisotopic (exact) mass is 263 g/mol. The molecule has 0 aliphatic carbocycles. The Labute approximate surface area is 118 Å². The third kappa shape index (κ3) is 6.74. The maximum Gasteiger partial charge on any atom is 0.0489 e. The van der Waals surface area contributed by atoms with Crippen LogP contribution < -0.4 is 5.32 Å². The van der Waals surface area contributed by atoms with Gasteiger partial charge in [-0.2, -0.15) is 0 Å². The lowest BCUT2D eigenvalue weighted by molar-refractivity contribution is 0.107. The molecule has 1 unspecified atom stereocenters. The quantitative estimate of drug-likeness (QED) is 0.715. The Morgan fingerprint density at radius 1 is 1.05 bits per heavy atom. The van der Waals surface area contributed by atoms with Gasteiger partial charge in [0.05, 0.1) is 0 Å². The molecule has 1 aromatic carbocycles. The molecule has 0 aliphatic rings. The van der Waals surface area contributed by atoms with Crippen LogP contribution in [-0.2, 0) is 4.74 Å². The van der Waals surface area contributed by atoms with E-state index in [-0.39, 0.29) is 0 Å². The number of hydrogen-bond donors (Lipinski definition) is 1. The maximum absolute atomic E-state index is 5.58. The van der Waals surface area contributed by atoms with Crippen LogP contribution >= 0.6 is 0 Å².